The highest BCUT2D eigenvalue weighted by atomic mass is 16.5. The van der Waals surface area contributed by atoms with Crippen molar-refractivity contribution in [3.63, 3.8) is 0 Å². The Balaban J connectivity index is 2.39. The summed E-state index contributed by atoms with van der Waals surface area (Å²) in [6, 6.07) is 0.555. The molecule has 3 heteroatoms. The summed E-state index contributed by atoms with van der Waals surface area (Å²) in [5.74, 6) is 0. The van der Waals surface area contributed by atoms with Gasteiger partial charge in [0, 0.05) is 32.2 Å². The van der Waals surface area contributed by atoms with E-state index >= 15 is 0 Å². The van der Waals surface area contributed by atoms with Crippen LogP contribution in [0.5, 0.6) is 0 Å². The van der Waals surface area contributed by atoms with Crippen molar-refractivity contribution < 1.29 is 4.74 Å². The molecule has 1 rings (SSSR count). The average molecular weight is 186 g/mol. The highest BCUT2D eigenvalue weighted by Gasteiger charge is 2.48. The zero-order valence-corrected chi connectivity index (χ0v) is 9.42. The third-order valence-corrected chi connectivity index (χ3v) is 2.96. The van der Waals surface area contributed by atoms with Gasteiger partial charge in [-0.15, -0.1) is 0 Å². The molecule has 3 nitrogen and oxygen atoms in total. The second-order valence-electron chi connectivity index (χ2n) is 4.58. The third-order valence-electron chi connectivity index (χ3n) is 2.96. The maximum atomic E-state index is 5.65. The summed E-state index contributed by atoms with van der Waals surface area (Å²) in [7, 11) is 4.06. The summed E-state index contributed by atoms with van der Waals surface area (Å²) in [5, 5.41) is 2.02. The first-order valence-corrected chi connectivity index (χ1v) is 5.03. The predicted octanol–water partition coefficient (Wildman–Crippen LogP) is 1.26. The van der Waals surface area contributed by atoms with Crippen LogP contribution in [-0.2, 0) is 4.74 Å². The van der Waals surface area contributed by atoms with Gasteiger partial charge in [0.2, 0.25) is 0 Å². The van der Waals surface area contributed by atoms with Crippen molar-refractivity contribution in [2.45, 2.75) is 39.3 Å². The van der Waals surface area contributed by atoms with E-state index in [9.17, 15) is 0 Å². The van der Waals surface area contributed by atoms with E-state index in [1.165, 1.54) is 0 Å². The molecule has 1 N–H and O–H groups in total. The minimum absolute atomic E-state index is 0.264. The Morgan fingerprint density at radius 3 is 2.46 bits per heavy atom. The number of rotatable bonds is 4. The summed E-state index contributed by atoms with van der Waals surface area (Å²) in [5.41, 5.74) is 3.68. The van der Waals surface area contributed by atoms with Gasteiger partial charge in [-0.3, -0.25) is 10.4 Å². The van der Waals surface area contributed by atoms with Gasteiger partial charge < -0.3 is 4.74 Å². The Labute approximate surface area is 81.4 Å². The van der Waals surface area contributed by atoms with E-state index in [2.05, 4.69) is 26.2 Å². The number of ether oxygens (including phenoxy) is 1. The van der Waals surface area contributed by atoms with Gasteiger partial charge in [-0.1, -0.05) is 13.8 Å². The Morgan fingerprint density at radius 1 is 1.46 bits per heavy atom. The van der Waals surface area contributed by atoms with Crippen LogP contribution >= 0.6 is 0 Å². The lowest BCUT2D eigenvalue weighted by atomic mass is 9.65. The molecule has 13 heavy (non-hydrogen) atoms. The van der Waals surface area contributed by atoms with Crippen molar-refractivity contribution in [3.8, 4) is 0 Å². The van der Waals surface area contributed by atoms with Crippen molar-refractivity contribution in [1.82, 2.24) is 10.4 Å². The van der Waals surface area contributed by atoms with Crippen LogP contribution < -0.4 is 5.43 Å². The Kier molecular flexibility index (Phi) is 3.33. The van der Waals surface area contributed by atoms with E-state index in [0.717, 1.165) is 13.0 Å². The van der Waals surface area contributed by atoms with Gasteiger partial charge in [0.25, 0.3) is 0 Å². The molecule has 78 valence electrons. The van der Waals surface area contributed by atoms with Crippen LogP contribution in [0, 0.1) is 5.41 Å². The topological polar surface area (TPSA) is 24.5 Å². The standard InChI is InChI=1S/C10H22N2O/c1-6-13-9-7-8(10(9,2)3)11-12(4)5/h8-9,11H,6-7H2,1-5H3. The van der Waals surface area contributed by atoms with E-state index in [4.69, 9.17) is 4.74 Å². The Hall–Kier alpha value is -0.120. The summed E-state index contributed by atoms with van der Waals surface area (Å²) < 4.78 is 5.65. The van der Waals surface area contributed by atoms with E-state index in [1.54, 1.807) is 0 Å². The van der Waals surface area contributed by atoms with E-state index < -0.39 is 0 Å². The lowest BCUT2D eigenvalue weighted by Gasteiger charge is -2.52. The summed E-state index contributed by atoms with van der Waals surface area (Å²) in [6.45, 7) is 7.40. The third kappa shape index (κ3) is 2.22. The highest BCUT2D eigenvalue weighted by molar-refractivity contribution is 5.01. The van der Waals surface area contributed by atoms with E-state index in [1.807, 2.05) is 19.1 Å². The largest absolute Gasteiger partial charge is 0.378 e. The molecule has 2 atom stereocenters. The molecule has 0 aromatic carbocycles. The van der Waals surface area contributed by atoms with Crippen molar-refractivity contribution in [1.29, 1.82) is 0 Å². The van der Waals surface area contributed by atoms with Gasteiger partial charge in [0.15, 0.2) is 0 Å². The summed E-state index contributed by atoms with van der Waals surface area (Å²) in [6.07, 6.45) is 1.55. The fraction of sp³-hybridized carbons (Fsp3) is 1.00. The molecular formula is C10H22N2O. The van der Waals surface area contributed by atoms with E-state index in [-0.39, 0.29) is 5.41 Å². The maximum absolute atomic E-state index is 5.65. The molecule has 0 amide bonds. The molecule has 0 aromatic rings. The molecule has 0 saturated heterocycles. The van der Waals surface area contributed by atoms with Crippen molar-refractivity contribution in [2.24, 2.45) is 5.41 Å². The average Bonchev–Trinajstić information content (AvgIpc) is 2.02. The molecule has 0 spiro atoms. The molecule has 0 aliphatic heterocycles. The van der Waals surface area contributed by atoms with Crippen molar-refractivity contribution in [3.05, 3.63) is 0 Å². The summed E-state index contributed by atoms with van der Waals surface area (Å²) >= 11 is 0. The number of hydrogen-bond acceptors (Lipinski definition) is 3. The van der Waals surface area contributed by atoms with Crippen LogP contribution in [-0.4, -0.2) is 37.9 Å². The lowest BCUT2D eigenvalue weighted by Crippen LogP contribution is -2.63. The lowest BCUT2D eigenvalue weighted by molar-refractivity contribution is -0.126. The van der Waals surface area contributed by atoms with Crippen molar-refractivity contribution in [2.75, 3.05) is 20.7 Å². The van der Waals surface area contributed by atoms with Gasteiger partial charge in [0.1, 0.15) is 0 Å². The zero-order chi connectivity index (χ0) is 10.1. The summed E-state index contributed by atoms with van der Waals surface area (Å²) in [4.78, 5) is 0. The molecule has 1 saturated carbocycles. The van der Waals surface area contributed by atoms with Crippen LogP contribution in [0.4, 0.5) is 0 Å². The first kappa shape index (κ1) is 11.0. The number of nitrogens with one attached hydrogen (secondary N) is 1. The first-order valence-electron chi connectivity index (χ1n) is 5.03. The minimum atomic E-state index is 0.264. The normalized spacial score (nSPS) is 31.8. The molecule has 0 bridgehead atoms. The van der Waals surface area contributed by atoms with Crippen LogP contribution in [0.1, 0.15) is 27.2 Å². The van der Waals surface area contributed by atoms with Gasteiger partial charge in [-0.2, -0.15) is 0 Å². The molecular weight excluding hydrogens is 164 g/mol. The predicted molar refractivity (Wildman–Crippen MR) is 54.4 cm³/mol. The molecule has 1 fully saturated rings. The second-order valence-corrected chi connectivity index (χ2v) is 4.58. The quantitative estimate of drug-likeness (QED) is 0.669. The van der Waals surface area contributed by atoms with Crippen LogP contribution in [0.15, 0.2) is 0 Å². The van der Waals surface area contributed by atoms with Crippen molar-refractivity contribution >= 4 is 0 Å². The first-order chi connectivity index (χ1) is 5.98. The fourth-order valence-electron chi connectivity index (χ4n) is 1.90. The Bertz CT molecular complexity index is 168. The minimum Gasteiger partial charge on any atom is -0.378 e. The van der Waals surface area contributed by atoms with Crippen LogP contribution in [0.2, 0.25) is 0 Å². The fourth-order valence-corrected chi connectivity index (χ4v) is 1.90. The molecule has 1 aliphatic rings. The monoisotopic (exact) mass is 186 g/mol. The molecule has 1 aliphatic carbocycles. The zero-order valence-electron chi connectivity index (χ0n) is 9.42. The van der Waals surface area contributed by atoms with Gasteiger partial charge in [-0.25, -0.2) is 0 Å². The van der Waals surface area contributed by atoms with Crippen LogP contribution in [0.25, 0.3) is 0 Å². The second kappa shape index (κ2) is 3.95. The maximum Gasteiger partial charge on any atom is 0.0656 e. The highest BCUT2D eigenvalue weighted by Crippen LogP contribution is 2.42. The Morgan fingerprint density at radius 2 is 2.08 bits per heavy atom. The number of hydrogen-bond donors (Lipinski definition) is 1. The smallest absolute Gasteiger partial charge is 0.0656 e. The number of nitrogens with zero attached hydrogens (tertiary/aromatic N) is 1. The van der Waals surface area contributed by atoms with E-state index in [0.29, 0.717) is 12.1 Å². The van der Waals surface area contributed by atoms with Crippen LogP contribution in [0.3, 0.4) is 0 Å². The molecule has 2 unspecified atom stereocenters. The van der Waals surface area contributed by atoms with Gasteiger partial charge >= 0.3 is 0 Å². The molecule has 0 radical (unpaired) electrons. The number of hydrazine groups is 1. The molecule has 0 aromatic heterocycles. The molecule has 0 heterocycles. The SMILES string of the molecule is CCOC1CC(NN(C)C)C1(C)C. The van der Waals surface area contributed by atoms with Gasteiger partial charge in [0.05, 0.1) is 6.10 Å². The van der Waals surface area contributed by atoms with Gasteiger partial charge in [-0.05, 0) is 13.3 Å².